The van der Waals surface area contributed by atoms with Gasteiger partial charge in [-0.25, -0.2) is 0 Å². The summed E-state index contributed by atoms with van der Waals surface area (Å²) in [5.74, 6) is 0. The van der Waals surface area contributed by atoms with Gasteiger partial charge in [0.05, 0.1) is 0 Å². The Morgan fingerprint density at radius 2 is 1.90 bits per heavy atom. The summed E-state index contributed by atoms with van der Waals surface area (Å²) in [6.07, 6.45) is 0. The van der Waals surface area contributed by atoms with Crippen LogP contribution in [0.2, 0.25) is 0 Å². The van der Waals surface area contributed by atoms with Crippen LogP contribution >= 0.6 is 22.6 Å². The van der Waals surface area contributed by atoms with Gasteiger partial charge >= 0.3 is 0 Å². The largest absolute Gasteiger partial charge is 0.399 e. The third-order valence-corrected chi connectivity index (χ3v) is 2.75. The lowest BCUT2D eigenvalue weighted by Gasteiger charge is -2.03. The van der Waals surface area contributed by atoms with Gasteiger partial charge in [0, 0.05) is 9.26 Å². The van der Waals surface area contributed by atoms with Crippen LogP contribution in [-0.4, -0.2) is 0 Å². The van der Waals surface area contributed by atoms with Crippen molar-refractivity contribution in [1.82, 2.24) is 0 Å². The van der Waals surface area contributed by atoms with Crippen LogP contribution in [0.25, 0.3) is 0 Å². The molecule has 0 amide bonds. The minimum absolute atomic E-state index is 0.854. The van der Waals surface area contributed by atoms with Gasteiger partial charge in [0.2, 0.25) is 0 Å². The fourth-order valence-corrected chi connectivity index (χ4v) is 1.63. The molecule has 54 valence electrons. The highest BCUT2D eigenvalue weighted by Crippen LogP contribution is 2.18. The van der Waals surface area contributed by atoms with Crippen molar-refractivity contribution in [2.45, 2.75) is 13.8 Å². The number of anilines is 1. The summed E-state index contributed by atoms with van der Waals surface area (Å²) < 4.78 is 1.25. The summed E-state index contributed by atoms with van der Waals surface area (Å²) in [4.78, 5) is 0. The molecule has 0 radical (unpaired) electrons. The summed E-state index contributed by atoms with van der Waals surface area (Å²) in [5.41, 5.74) is 9.07. The van der Waals surface area contributed by atoms with Crippen LogP contribution in [0.5, 0.6) is 0 Å². The number of halogens is 1. The molecule has 0 aliphatic rings. The molecule has 0 saturated heterocycles. The first-order valence-electron chi connectivity index (χ1n) is 3.13. The number of rotatable bonds is 0. The van der Waals surface area contributed by atoms with Gasteiger partial charge in [0.25, 0.3) is 0 Å². The highest BCUT2D eigenvalue weighted by atomic mass is 127. The summed E-state index contributed by atoms with van der Waals surface area (Å²) >= 11 is 2.30. The van der Waals surface area contributed by atoms with Crippen molar-refractivity contribution in [2.24, 2.45) is 0 Å². The maximum absolute atomic E-state index is 5.62. The van der Waals surface area contributed by atoms with Gasteiger partial charge in [-0.05, 0) is 59.7 Å². The van der Waals surface area contributed by atoms with Crippen LogP contribution in [0.4, 0.5) is 5.69 Å². The quantitative estimate of drug-likeness (QED) is 0.553. The van der Waals surface area contributed by atoms with E-state index in [-0.39, 0.29) is 0 Å². The van der Waals surface area contributed by atoms with E-state index in [0.29, 0.717) is 0 Å². The molecule has 0 aliphatic carbocycles. The molecule has 0 atom stereocenters. The number of aryl methyl sites for hydroxylation is 1. The first-order chi connectivity index (χ1) is 4.61. The number of nitrogen functional groups attached to an aromatic ring is 1. The molecule has 0 saturated carbocycles. The van der Waals surface area contributed by atoms with E-state index in [2.05, 4.69) is 36.4 Å². The van der Waals surface area contributed by atoms with Gasteiger partial charge in [0.15, 0.2) is 0 Å². The zero-order valence-electron chi connectivity index (χ0n) is 6.11. The molecule has 0 aliphatic heterocycles. The van der Waals surface area contributed by atoms with E-state index in [1.807, 2.05) is 12.1 Å². The van der Waals surface area contributed by atoms with Gasteiger partial charge in [-0.3, -0.25) is 0 Å². The molecule has 1 aromatic rings. The topological polar surface area (TPSA) is 26.0 Å². The second-order valence-corrected chi connectivity index (χ2v) is 3.61. The van der Waals surface area contributed by atoms with E-state index in [1.165, 1.54) is 14.7 Å². The third kappa shape index (κ3) is 1.42. The lowest BCUT2D eigenvalue weighted by Crippen LogP contribution is -1.91. The van der Waals surface area contributed by atoms with Crippen LogP contribution in [-0.2, 0) is 0 Å². The lowest BCUT2D eigenvalue weighted by atomic mass is 10.1. The molecule has 2 N–H and O–H groups in total. The molecule has 0 bridgehead atoms. The van der Waals surface area contributed by atoms with Crippen molar-refractivity contribution in [3.8, 4) is 0 Å². The predicted octanol–water partition coefficient (Wildman–Crippen LogP) is 2.49. The number of nitrogens with two attached hydrogens (primary N) is 1. The van der Waals surface area contributed by atoms with Crippen molar-refractivity contribution in [1.29, 1.82) is 0 Å². The van der Waals surface area contributed by atoms with Gasteiger partial charge in [-0.1, -0.05) is 0 Å². The summed E-state index contributed by atoms with van der Waals surface area (Å²) in [6, 6.07) is 3.99. The average Bonchev–Trinajstić information content (AvgIpc) is 1.82. The minimum atomic E-state index is 0.854. The van der Waals surface area contributed by atoms with Crippen LogP contribution in [0.3, 0.4) is 0 Å². The van der Waals surface area contributed by atoms with Gasteiger partial charge in [-0.2, -0.15) is 0 Å². The first kappa shape index (κ1) is 7.85. The van der Waals surface area contributed by atoms with Crippen LogP contribution in [0, 0.1) is 17.4 Å². The smallest absolute Gasteiger partial charge is 0.0327 e. The van der Waals surface area contributed by atoms with E-state index >= 15 is 0 Å². The summed E-state index contributed by atoms with van der Waals surface area (Å²) in [6.45, 7) is 4.18. The molecule has 1 nitrogen and oxygen atoms in total. The number of hydrogen-bond acceptors (Lipinski definition) is 1. The van der Waals surface area contributed by atoms with Crippen molar-refractivity contribution < 1.29 is 0 Å². The van der Waals surface area contributed by atoms with Crippen molar-refractivity contribution >= 4 is 28.3 Å². The van der Waals surface area contributed by atoms with Crippen LogP contribution < -0.4 is 5.73 Å². The fraction of sp³-hybridized carbons (Fsp3) is 0.250. The van der Waals surface area contributed by atoms with E-state index < -0.39 is 0 Å². The Balaban J connectivity index is 3.31. The van der Waals surface area contributed by atoms with Gasteiger partial charge in [0.1, 0.15) is 0 Å². The Labute approximate surface area is 74.8 Å². The summed E-state index contributed by atoms with van der Waals surface area (Å²) in [7, 11) is 0. The van der Waals surface area contributed by atoms with E-state index in [0.717, 1.165) is 5.69 Å². The molecule has 1 rings (SSSR count). The average molecular weight is 247 g/mol. The second-order valence-electron chi connectivity index (χ2n) is 2.44. The van der Waals surface area contributed by atoms with Crippen LogP contribution in [0.15, 0.2) is 12.1 Å². The molecule has 0 heterocycles. The minimum Gasteiger partial charge on any atom is -0.399 e. The van der Waals surface area contributed by atoms with Crippen molar-refractivity contribution in [3.63, 3.8) is 0 Å². The van der Waals surface area contributed by atoms with Crippen LogP contribution in [0.1, 0.15) is 11.1 Å². The monoisotopic (exact) mass is 247 g/mol. The number of hydrogen-bond donors (Lipinski definition) is 1. The standard InChI is InChI=1S/C8H10IN/c1-5-3-7(10)4-8(9)6(5)2/h3-4H,10H2,1-2H3. The van der Waals surface area contributed by atoms with Crippen molar-refractivity contribution in [2.75, 3.05) is 5.73 Å². The van der Waals surface area contributed by atoms with E-state index in [9.17, 15) is 0 Å². The van der Waals surface area contributed by atoms with Gasteiger partial charge in [-0.15, -0.1) is 0 Å². The zero-order valence-corrected chi connectivity index (χ0v) is 8.27. The Morgan fingerprint density at radius 1 is 1.30 bits per heavy atom. The Kier molecular flexibility index (Phi) is 2.18. The maximum atomic E-state index is 5.62. The predicted molar refractivity (Wildman–Crippen MR) is 53.0 cm³/mol. The van der Waals surface area contributed by atoms with Gasteiger partial charge < -0.3 is 5.73 Å². The third-order valence-electron chi connectivity index (χ3n) is 1.63. The first-order valence-corrected chi connectivity index (χ1v) is 4.21. The zero-order chi connectivity index (χ0) is 7.72. The molecular weight excluding hydrogens is 237 g/mol. The molecular formula is C8H10IN. The maximum Gasteiger partial charge on any atom is 0.0327 e. The highest BCUT2D eigenvalue weighted by molar-refractivity contribution is 14.1. The molecule has 0 unspecified atom stereocenters. The van der Waals surface area contributed by atoms with E-state index in [4.69, 9.17) is 5.73 Å². The summed E-state index contributed by atoms with van der Waals surface area (Å²) in [5, 5.41) is 0. The van der Waals surface area contributed by atoms with Crippen molar-refractivity contribution in [3.05, 3.63) is 26.8 Å². The fourth-order valence-electron chi connectivity index (χ4n) is 0.843. The normalized spacial score (nSPS) is 9.90. The SMILES string of the molecule is Cc1cc(N)cc(I)c1C. The highest BCUT2D eigenvalue weighted by Gasteiger charge is 1.97. The van der Waals surface area contributed by atoms with E-state index in [1.54, 1.807) is 0 Å². The molecule has 0 aromatic heterocycles. The molecule has 0 spiro atoms. The second kappa shape index (κ2) is 2.78. The molecule has 2 heteroatoms. The Bertz CT molecular complexity index is 232. The molecule has 0 fully saturated rings. The lowest BCUT2D eigenvalue weighted by molar-refractivity contribution is 1.32. The molecule has 1 aromatic carbocycles. The molecule has 10 heavy (non-hydrogen) atoms. The Morgan fingerprint density at radius 3 is 2.40 bits per heavy atom. The Hall–Kier alpha value is -0.250. The number of benzene rings is 1.